The molecule has 1 aromatic heterocycles. The molecule has 0 aromatic carbocycles. The Morgan fingerprint density at radius 2 is 1.89 bits per heavy atom. The molecule has 1 aromatic rings. The predicted octanol–water partition coefficient (Wildman–Crippen LogP) is 2.22. The van der Waals surface area contributed by atoms with Crippen LogP contribution in [0.15, 0.2) is 22.8 Å². The average Bonchev–Trinajstić information content (AvgIpc) is 3.23. The number of carbonyl (C=O) groups excluding carboxylic acids is 1. The summed E-state index contributed by atoms with van der Waals surface area (Å²) < 4.78 is 11.1. The zero-order valence-corrected chi connectivity index (χ0v) is 16.7. The van der Waals surface area contributed by atoms with Gasteiger partial charge in [0.05, 0.1) is 25.5 Å². The number of carbonyl (C=O) groups is 1. The zero-order chi connectivity index (χ0) is 19.1. The fraction of sp³-hybridized carbons (Fsp3) is 0.750. The number of piperidine rings is 1. The second-order valence-electron chi connectivity index (χ2n) is 8.10. The molecule has 0 radical (unpaired) electrons. The molecule has 1 unspecified atom stereocenters. The van der Waals surface area contributed by atoms with Crippen molar-refractivity contribution in [2.75, 3.05) is 52.5 Å². The van der Waals surface area contributed by atoms with E-state index in [0.717, 1.165) is 45.2 Å². The van der Waals surface area contributed by atoms with Gasteiger partial charge in [-0.3, -0.25) is 9.80 Å². The van der Waals surface area contributed by atoms with Gasteiger partial charge in [-0.25, -0.2) is 4.79 Å². The molecule has 7 nitrogen and oxygen atoms in total. The third-order valence-corrected chi connectivity index (χ3v) is 5.71. The Morgan fingerprint density at radius 3 is 2.56 bits per heavy atom. The number of nitrogens with one attached hydrogen (secondary N) is 2. The number of ether oxygens (including phenoxy) is 1. The van der Waals surface area contributed by atoms with Crippen molar-refractivity contribution in [3.05, 3.63) is 24.2 Å². The van der Waals surface area contributed by atoms with Crippen LogP contribution >= 0.6 is 0 Å². The number of furan rings is 1. The fourth-order valence-corrected chi connectivity index (χ4v) is 3.95. The molecule has 0 aliphatic carbocycles. The molecule has 2 saturated heterocycles. The molecule has 152 valence electrons. The van der Waals surface area contributed by atoms with Gasteiger partial charge >= 0.3 is 6.03 Å². The van der Waals surface area contributed by atoms with Crippen molar-refractivity contribution in [1.29, 1.82) is 0 Å². The Labute approximate surface area is 162 Å². The number of urea groups is 1. The summed E-state index contributed by atoms with van der Waals surface area (Å²) in [5.41, 5.74) is -0.0889. The molecule has 2 aliphatic heterocycles. The molecule has 0 bridgehead atoms. The van der Waals surface area contributed by atoms with Crippen LogP contribution < -0.4 is 10.6 Å². The van der Waals surface area contributed by atoms with Gasteiger partial charge in [0.1, 0.15) is 5.76 Å². The van der Waals surface area contributed by atoms with Gasteiger partial charge in [0, 0.05) is 31.7 Å². The highest BCUT2D eigenvalue weighted by molar-refractivity contribution is 5.73. The molecule has 7 heteroatoms. The summed E-state index contributed by atoms with van der Waals surface area (Å²) in [5.74, 6) is 0.922. The summed E-state index contributed by atoms with van der Waals surface area (Å²) in [6.07, 6.45) is 5.40. The minimum absolute atomic E-state index is 0.0889. The number of morpholine rings is 1. The van der Waals surface area contributed by atoms with Crippen LogP contribution in [0, 0.1) is 0 Å². The van der Waals surface area contributed by atoms with Gasteiger partial charge in [-0.1, -0.05) is 6.42 Å². The smallest absolute Gasteiger partial charge is 0.314 e. The van der Waals surface area contributed by atoms with E-state index in [1.54, 1.807) is 6.26 Å². The van der Waals surface area contributed by atoms with Crippen molar-refractivity contribution in [1.82, 2.24) is 20.4 Å². The van der Waals surface area contributed by atoms with E-state index in [1.165, 1.54) is 19.3 Å². The first kappa shape index (κ1) is 20.2. The van der Waals surface area contributed by atoms with Crippen molar-refractivity contribution in [3.8, 4) is 0 Å². The second kappa shape index (κ2) is 9.57. The van der Waals surface area contributed by atoms with Gasteiger partial charge in [-0.15, -0.1) is 0 Å². The van der Waals surface area contributed by atoms with E-state index in [1.807, 2.05) is 12.1 Å². The maximum atomic E-state index is 12.4. The topological polar surface area (TPSA) is 70.0 Å². The van der Waals surface area contributed by atoms with Crippen molar-refractivity contribution >= 4 is 6.03 Å². The molecule has 3 rings (SSSR count). The summed E-state index contributed by atoms with van der Waals surface area (Å²) in [6, 6.07) is 3.89. The van der Waals surface area contributed by atoms with E-state index >= 15 is 0 Å². The molecule has 3 heterocycles. The highest BCUT2D eigenvalue weighted by atomic mass is 16.5. The molecule has 2 aliphatic rings. The number of rotatable bonds is 7. The molecule has 2 fully saturated rings. The lowest BCUT2D eigenvalue weighted by atomic mass is 10.0. The zero-order valence-electron chi connectivity index (χ0n) is 16.7. The standard InChI is InChI=1S/C20H34N4O3/c1-20(2,24-10-13-26-14-11-24)16-22-19(25)21-15-17(18-7-6-12-27-18)23-8-4-3-5-9-23/h6-7,12,17H,3-5,8-11,13-16H2,1-2H3,(H2,21,22,25). The molecular weight excluding hydrogens is 344 g/mol. The normalized spacial score (nSPS) is 21.0. The van der Waals surface area contributed by atoms with Crippen LogP contribution in [0.5, 0.6) is 0 Å². The largest absolute Gasteiger partial charge is 0.468 e. The summed E-state index contributed by atoms with van der Waals surface area (Å²) in [4.78, 5) is 17.2. The number of amides is 2. The van der Waals surface area contributed by atoms with E-state index in [-0.39, 0.29) is 17.6 Å². The quantitative estimate of drug-likeness (QED) is 0.761. The van der Waals surface area contributed by atoms with Crippen molar-refractivity contribution in [2.24, 2.45) is 0 Å². The fourth-order valence-electron chi connectivity index (χ4n) is 3.95. The van der Waals surface area contributed by atoms with E-state index < -0.39 is 0 Å². The molecule has 27 heavy (non-hydrogen) atoms. The maximum absolute atomic E-state index is 12.4. The molecule has 2 N–H and O–H groups in total. The van der Waals surface area contributed by atoms with Gasteiger partial charge in [-0.05, 0) is 51.9 Å². The van der Waals surface area contributed by atoms with Crippen molar-refractivity contribution in [2.45, 2.75) is 44.7 Å². The maximum Gasteiger partial charge on any atom is 0.314 e. The molecule has 2 amide bonds. The van der Waals surface area contributed by atoms with E-state index in [2.05, 4.69) is 34.3 Å². The van der Waals surface area contributed by atoms with Crippen molar-refractivity contribution in [3.63, 3.8) is 0 Å². The molecule has 0 spiro atoms. The second-order valence-corrected chi connectivity index (χ2v) is 8.10. The summed E-state index contributed by atoms with van der Waals surface area (Å²) >= 11 is 0. The number of nitrogens with zero attached hydrogens (tertiary/aromatic N) is 2. The van der Waals surface area contributed by atoms with Crippen LogP contribution in [0.1, 0.15) is 44.9 Å². The Hall–Kier alpha value is -1.57. The lowest BCUT2D eigenvalue weighted by Gasteiger charge is -2.40. The lowest BCUT2D eigenvalue weighted by molar-refractivity contribution is -0.00876. The number of hydrogen-bond donors (Lipinski definition) is 2. The monoisotopic (exact) mass is 378 g/mol. The van der Waals surface area contributed by atoms with Gasteiger partial charge in [0.2, 0.25) is 0 Å². The van der Waals surface area contributed by atoms with Gasteiger partial charge in [-0.2, -0.15) is 0 Å². The van der Waals surface area contributed by atoms with Crippen molar-refractivity contribution < 1.29 is 13.9 Å². The highest BCUT2D eigenvalue weighted by Gasteiger charge is 2.29. The van der Waals surface area contributed by atoms with Gasteiger partial charge in [0.15, 0.2) is 0 Å². The average molecular weight is 379 g/mol. The van der Waals surface area contributed by atoms with Gasteiger partial charge in [0.25, 0.3) is 0 Å². The third-order valence-electron chi connectivity index (χ3n) is 5.71. The minimum Gasteiger partial charge on any atom is -0.468 e. The van der Waals surface area contributed by atoms with Crippen LogP contribution in [0.25, 0.3) is 0 Å². The van der Waals surface area contributed by atoms with Crippen LogP contribution in [-0.2, 0) is 4.74 Å². The van der Waals surface area contributed by atoms with E-state index in [0.29, 0.717) is 13.1 Å². The highest BCUT2D eigenvalue weighted by Crippen LogP contribution is 2.24. The Bertz CT molecular complexity index is 564. The van der Waals surface area contributed by atoms with E-state index in [4.69, 9.17) is 9.15 Å². The Balaban J connectivity index is 1.48. The first-order chi connectivity index (χ1) is 13.1. The van der Waals surface area contributed by atoms with Gasteiger partial charge < -0.3 is 19.8 Å². The number of likely N-dealkylation sites (tertiary alicyclic amines) is 1. The Kier molecular flexibility index (Phi) is 7.15. The predicted molar refractivity (Wildman–Crippen MR) is 105 cm³/mol. The summed E-state index contributed by atoms with van der Waals surface area (Å²) in [7, 11) is 0. The Morgan fingerprint density at radius 1 is 1.15 bits per heavy atom. The molecule has 0 saturated carbocycles. The minimum atomic E-state index is -0.120. The molecule has 1 atom stereocenters. The van der Waals surface area contributed by atoms with Crippen LogP contribution in [-0.4, -0.2) is 73.9 Å². The number of hydrogen-bond acceptors (Lipinski definition) is 5. The van der Waals surface area contributed by atoms with Crippen LogP contribution in [0.2, 0.25) is 0 Å². The SMILES string of the molecule is CC(C)(CNC(=O)NCC(c1ccco1)N1CCCCC1)N1CCOCC1. The first-order valence-electron chi connectivity index (χ1n) is 10.2. The summed E-state index contributed by atoms with van der Waals surface area (Å²) in [5, 5.41) is 6.09. The van der Waals surface area contributed by atoms with Crippen LogP contribution in [0.4, 0.5) is 4.79 Å². The van der Waals surface area contributed by atoms with E-state index in [9.17, 15) is 4.79 Å². The molecular formula is C20H34N4O3. The van der Waals surface area contributed by atoms with Crippen LogP contribution in [0.3, 0.4) is 0 Å². The summed E-state index contributed by atoms with van der Waals surface area (Å²) in [6.45, 7) is 10.9. The lowest BCUT2D eigenvalue weighted by Crippen LogP contribution is -2.56. The first-order valence-corrected chi connectivity index (χ1v) is 10.2. The third kappa shape index (κ3) is 5.70.